The first-order valence-corrected chi connectivity index (χ1v) is 6.31. The minimum Gasteiger partial charge on any atom is -0.295 e. The lowest BCUT2D eigenvalue weighted by molar-refractivity contribution is -0.147. The van der Waals surface area contributed by atoms with E-state index in [-0.39, 0.29) is 0 Å². The molecule has 16 heavy (non-hydrogen) atoms. The van der Waals surface area contributed by atoms with Gasteiger partial charge in [0, 0.05) is 13.0 Å². The van der Waals surface area contributed by atoms with Crippen LogP contribution in [0.1, 0.15) is 37.3 Å². The first-order valence-electron chi connectivity index (χ1n) is 6.31. The minimum absolute atomic E-state index is 0.462. The molecule has 1 saturated carbocycles. The third-order valence-electron chi connectivity index (χ3n) is 3.99. The first kappa shape index (κ1) is 10.3. The molecule has 1 aromatic carbocycles. The van der Waals surface area contributed by atoms with Gasteiger partial charge in [-0.2, -0.15) is 5.06 Å². The molecule has 0 radical (unpaired) electrons. The number of hydrogen-bond acceptors (Lipinski definition) is 2. The van der Waals surface area contributed by atoms with Crippen molar-refractivity contribution in [2.75, 3.05) is 7.05 Å². The number of hydroxylamine groups is 2. The maximum Gasteiger partial charge on any atom is 0.0840 e. The van der Waals surface area contributed by atoms with Gasteiger partial charge in [-0.15, -0.1) is 0 Å². The van der Waals surface area contributed by atoms with Gasteiger partial charge in [0.25, 0.3) is 0 Å². The predicted molar refractivity (Wildman–Crippen MR) is 63.8 cm³/mol. The van der Waals surface area contributed by atoms with Gasteiger partial charge in [0.2, 0.25) is 0 Å². The van der Waals surface area contributed by atoms with E-state index in [2.05, 4.69) is 42.4 Å². The largest absolute Gasteiger partial charge is 0.295 e. The highest BCUT2D eigenvalue weighted by atomic mass is 16.7. The molecule has 0 N–H and O–H groups in total. The van der Waals surface area contributed by atoms with Gasteiger partial charge in [-0.05, 0) is 18.4 Å². The number of fused-ring (bicyclic) bond motifs is 1. The van der Waals surface area contributed by atoms with Crippen LogP contribution in [0.25, 0.3) is 0 Å². The van der Waals surface area contributed by atoms with E-state index >= 15 is 0 Å². The molecule has 2 aliphatic rings. The van der Waals surface area contributed by atoms with E-state index in [4.69, 9.17) is 4.84 Å². The minimum atomic E-state index is 0.462. The van der Waals surface area contributed by atoms with E-state index in [0.717, 1.165) is 0 Å². The summed E-state index contributed by atoms with van der Waals surface area (Å²) >= 11 is 0. The maximum atomic E-state index is 5.97. The van der Waals surface area contributed by atoms with E-state index in [1.165, 1.54) is 31.2 Å². The molecule has 1 saturated heterocycles. The summed E-state index contributed by atoms with van der Waals surface area (Å²) in [5.41, 5.74) is 1.40. The first-order chi connectivity index (χ1) is 7.86. The highest BCUT2D eigenvalue weighted by molar-refractivity contribution is 5.21. The Kier molecular flexibility index (Phi) is 2.70. The van der Waals surface area contributed by atoms with Crippen molar-refractivity contribution in [3.05, 3.63) is 35.9 Å². The van der Waals surface area contributed by atoms with Crippen LogP contribution in [0.4, 0.5) is 0 Å². The van der Waals surface area contributed by atoms with Crippen LogP contribution in [0.3, 0.4) is 0 Å². The fourth-order valence-corrected chi connectivity index (χ4v) is 3.27. The van der Waals surface area contributed by atoms with Crippen LogP contribution in [0.2, 0.25) is 0 Å². The molecule has 86 valence electrons. The molecule has 3 rings (SSSR count). The molecular formula is C14H19NO. The summed E-state index contributed by atoms with van der Waals surface area (Å²) in [6.07, 6.45) is 5.70. The summed E-state index contributed by atoms with van der Waals surface area (Å²) in [5.74, 6) is 0.696. The smallest absolute Gasteiger partial charge is 0.0840 e. The van der Waals surface area contributed by atoms with Crippen molar-refractivity contribution in [1.29, 1.82) is 0 Å². The van der Waals surface area contributed by atoms with Gasteiger partial charge in [0.05, 0.1) is 12.1 Å². The standard InChI is InChI=1S/C14H19NO/c1-15-14(11-7-3-2-4-8-11)12-9-5-6-10-13(12)16-15/h2-4,7-8,12-14H,5-6,9-10H2,1H3/t12-,13+,14-/m0/s1. The summed E-state index contributed by atoms with van der Waals surface area (Å²) in [6, 6.07) is 11.2. The number of rotatable bonds is 1. The summed E-state index contributed by atoms with van der Waals surface area (Å²) in [7, 11) is 2.08. The van der Waals surface area contributed by atoms with Gasteiger partial charge in [-0.1, -0.05) is 43.2 Å². The summed E-state index contributed by atoms with van der Waals surface area (Å²) in [4.78, 5) is 5.97. The van der Waals surface area contributed by atoms with E-state index in [1.807, 2.05) is 0 Å². The molecule has 2 fully saturated rings. The Bertz CT molecular complexity index is 351. The maximum absolute atomic E-state index is 5.97. The van der Waals surface area contributed by atoms with E-state index in [1.54, 1.807) is 0 Å². The average Bonchev–Trinajstić information content (AvgIpc) is 2.66. The molecular weight excluding hydrogens is 198 g/mol. The lowest BCUT2D eigenvalue weighted by Gasteiger charge is -2.26. The van der Waals surface area contributed by atoms with E-state index in [0.29, 0.717) is 18.1 Å². The van der Waals surface area contributed by atoms with Gasteiger partial charge in [-0.25, -0.2) is 0 Å². The third kappa shape index (κ3) is 1.66. The zero-order valence-electron chi connectivity index (χ0n) is 9.80. The van der Waals surface area contributed by atoms with Crippen LogP contribution in [0.15, 0.2) is 30.3 Å². The van der Waals surface area contributed by atoms with Gasteiger partial charge in [0.1, 0.15) is 0 Å². The highest BCUT2D eigenvalue weighted by Crippen LogP contribution is 2.44. The Morgan fingerprint density at radius 3 is 2.69 bits per heavy atom. The number of benzene rings is 1. The zero-order valence-corrected chi connectivity index (χ0v) is 9.80. The van der Waals surface area contributed by atoms with Gasteiger partial charge in [-0.3, -0.25) is 4.84 Å². The van der Waals surface area contributed by atoms with Gasteiger partial charge in [0.15, 0.2) is 0 Å². The van der Waals surface area contributed by atoms with Crippen molar-refractivity contribution in [2.24, 2.45) is 5.92 Å². The molecule has 0 spiro atoms. The normalized spacial score (nSPS) is 34.9. The number of hydrogen-bond donors (Lipinski definition) is 0. The van der Waals surface area contributed by atoms with Crippen molar-refractivity contribution < 1.29 is 4.84 Å². The van der Waals surface area contributed by atoms with Crippen molar-refractivity contribution in [1.82, 2.24) is 5.06 Å². The van der Waals surface area contributed by atoms with Crippen molar-refractivity contribution in [3.63, 3.8) is 0 Å². The molecule has 0 bridgehead atoms. The molecule has 1 aliphatic heterocycles. The fourth-order valence-electron chi connectivity index (χ4n) is 3.27. The molecule has 0 aromatic heterocycles. The topological polar surface area (TPSA) is 12.5 Å². The second-order valence-corrected chi connectivity index (χ2v) is 4.99. The quantitative estimate of drug-likeness (QED) is 0.716. The molecule has 0 amide bonds. The second kappa shape index (κ2) is 4.19. The summed E-state index contributed by atoms with van der Waals surface area (Å²) in [5, 5.41) is 2.08. The van der Waals surface area contributed by atoms with Gasteiger partial charge < -0.3 is 0 Å². The summed E-state index contributed by atoms with van der Waals surface area (Å²) in [6.45, 7) is 0. The number of nitrogens with zero attached hydrogens (tertiary/aromatic N) is 1. The molecule has 2 heteroatoms. The predicted octanol–water partition coefficient (Wildman–Crippen LogP) is 3.16. The molecule has 3 atom stereocenters. The lowest BCUT2D eigenvalue weighted by Crippen LogP contribution is -2.24. The van der Waals surface area contributed by atoms with Crippen LogP contribution in [0.5, 0.6) is 0 Å². The van der Waals surface area contributed by atoms with Crippen molar-refractivity contribution in [2.45, 2.75) is 37.8 Å². The fraction of sp³-hybridized carbons (Fsp3) is 0.571. The third-order valence-corrected chi connectivity index (χ3v) is 3.99. The molecule has 1 heterocycles. The lowest BCUT2D eigenvalue weighted by atomic mass is 9.80. The second-order valence-electron chi connectivity index (χ2n) is 4.99. The van der Waals surface area contributed by atoms with Crippen molar-refractivity contribution in [3.8, 4) is 0 Å². The van der Waals surface area contributed by atoms with Gasteiger partial charge >= 0.3 is 0 Å². The van der Waals surface area contributed by atoms with Crippen LogP contribution in [-0.2, 0) is 4.84 Å². The molecule has 1 aromatic rings. The van der Waals surface area contributed by atoms with E-state index < -0.39 is 0 Å². The average molecular weight is 217 g/mol. The van der Waals surface area contributed by atoms with Crippen LogP contribution < -0.4 is 0 Å². The molecule has 1 aliphatic carbocycles. The van der Waals surface area contributed by atoms with Crippen LogP contribution >= 0.6 is 0 Å². The molecule has 2 nitrogen and oxygen atoms in total. The molecule has 0 unspecified atom stereocenters. The summed E-state index contributed by atoms with van der Waals surface area (Å²) < 4.78 is 0. The Morgan fingerprint density at radius 2 is 1.88 bits per heavy atom. The Morgan fingerprint density at radius 1 is 1.12 bits per heavy atom. The monoisotopic (exact) mass is 217 g/mol. The van der Waals surface area contributed by atoms with Crippen LogP contribution in [-0.4, -0.2) is 18.2 Å². The van der Waals surface area contributed by atoms with Crippen molar-refractivity contribution >= 4 is 0 Å². The van der Waals surface area contributed by atoms with E-state index in [9.17, 15) is 0 Å². The van der Waals surface area contributed by atoms with Crippen LogP contribution in [0, 0.1) is 5.92 Å². The SMILES string of the molecule is CN1O[C@@H]2CCCC[C@@H]2[C@@H]1c1ccccc1. The Labute approximate surface area is 97.2 Å². The Hall–Kier alpha value is -0.860. The highest BCUT2D eigenvalue weighted by Gasteiger charge is 2.42. The Balaban J connectivity index is 1.88. The zero-order chi connectivity index (χ0) is 11.0.